The third kappa shape index (κ3) is 5.18. The molecule has 2 N–H and O–H groups in total. The van der Waals surface area contributed by atoms with E-state index in [2.05, 4.69) is 20.6 Å². The van der Waals surface area contributed by atoms with Crippen molar-refractivity contribution in [3.8, 4) is 5.75 Å². The molecule has 1 heterocycles. The zero-order valence-corrected chi connectivity index (χ0v) is 15.5. The number of benzene rings is 2. The SMILES string of the molecule is COc1ccccc1CCNC(=O)c1ccnc(Nc2ccc(Cl)cc2)n1. The Hall–Kier alpha value is -3.12. The van der Waals surface area contributed by atoms with Gasteiger partial charge >= 0.3 is 0 Å². The number of para-hydroxylation sites is 1. The number of aromatic nitrogens is 2. The lowest BCUT2D eigenvalue weighted by atomic mass is 10.1. The second-order valence-electron chi connectivity index (χ2n) is 5.72. The maximum atomic E-state index is 12.4. The Kier molecular flexibility index (Phi) is 6.22. The van der Waals surface area contributed by atoms with Crippen molar-refractivity contribution < 1.29 is 9.53 Å². The lowest BCUT2D eigenvalue weighted by molar-refractivity contribution is 0.0949. The number of carbonyl (C=O) groups is 1. The molecule has 2 aromatic carbocycles. The Morgan fingerprint density at radius 1 is 1.11 bits per heavy atom. The number of halogens is 1. The number of hydrogen-bond donors (Lipinski definition) is 2. The molecular formula is C20H19ClN4O2. The Labute approximate surface area is 162 Å². The monoisotopic (exact) mass is 382 g/mol. The van der Waals surface area contributed by atoms with Crippen molar-refractivity contribution in [2.24, 2.45) is 0 Å². The first-order chi connectivity index (χ1) is 13.2. The molecule has 0 bridgehead atoms. The number of anilines is 2. The summed E-state index contributed by atoms with van der Waals surface area (Å²) in [6, 6.07) is 16.5. The lowest BCUT2D eigenvalue weighted by Crippen LogP contribution is -2.26. The number of hydrogen-bond acceptors (Lipinski definition) is 5. The quantitative estimate of drug-likeness (QED) is 0.649. The molecule has 0 aliphatic carbocycles. The van der Waals surface area contributed by atoms with E-state index in [1.807, 2.05) is 36.4 Å². The van der Waals surface area contributed by atoms with E-state index >= 15 is 0 Å². The van der Waals surface area contributed by atoms with Gasteiger partial charge in [0.25, 0.3) is 5.91 Å². The highest BCUT2D eigenvalue weighted by atomic mass is 35.5. The van der Waals surface area contributed by atoms with Crippen LogP contribution in [0.3, 0.4) is 0 Å². The second kappa shape index (κ2) is 9.00. The maximum absolute atomic E-state index is 12.4. The molecule has 0 spiro atoms. The van der Waals surface area contributed by atoms with Crippen LogP contribution in [0.5, 0.6) is 5.75 Å². The number of nitrogens with zero attached hydrogens (tertiary/aromatic N) is 2. The number of rotatable bonds is 7. The molecule has 1 aromatic heterocycles. The fourth-order valence-electron chi connectivity index (χ4n) is 2.52. The minimum Gasteiger partial charge on any atom is -0.496 e. The van der Waals surface area contributed by atoms with Gasteiger partial charge in [-0.3, -0.25) is 4.79 Å². The van der Waals surface area contributed by atoms with Crippen molar-refractivity contribution in [1.82, 2.24) is 15.3 Å². The van der Waals surface area contributed by atoms with Gasteiger partial charge in [-0.25, -0.2) is 9.97 Å². The van der Waals surface area contributed by atoms with Gasteiger partial charge in [0, 0.05) is 23.5 Å². The van der Waals surface area contributed by atoms with Crippen molar-refractivity contribution in [3.63, 3.8) is 0 Å². The summed E-state index contributed by atoms with van der Waals surface area (Å²) in [4.78, 5) is 20.8. The molecule has 0 radical (unpaired) electrons. The first-order valence-electron chi connectivity index (χ1n) is 8.41. The molecule has 0 saturated carbocycles. The third-order valence-electron chi connectivity index (χ3n) is 3.86. The van der Waals surface area contributed by atoms with Crippen molar-refractivity contribution in [1.29, 1.82) is 0 Å². The fourth-order valence-corrected chi connectivity index (χ4v) is 2.64. The number of carbonyl (C=O) groups excluding carboxylic acids is 1. The lowest BCUT2D eigenvalue weighted by Gasteiger charge is -2.09. The molecule has 0 fully saturated rings. The first kappa shape index (κ1) is 18.7. The van der Waals surface area contributed by atoms with E-state index in [1.54, 1.807) is 31.5 Å². The van der Waals surface area contributed by atoms with Crippen LogP contribution >= 0.6 is 11.6 Å². The van der Waals surface area contributed by atoms with Crippen LogP contribution in [0.1, 0.15) is 16.1 Å². The summed E-state index contributed by atoms with van der Waals surface area (Å²) in [5, 5.41) is 6.56. The minimum atomic E-state index is -0.258. The molecule has 0 aliphatic rings. The molecule has 138 valence electrons. The third-order valence-corrected chi connectivity index (χ3v) is 4.11. The molecular weight excluding hydrogens is 364 g/mol. The second-order valence-corrected chi connectivity index (χ2v) is 6.15. The average molecular weight is 383 g/mol. The van der Waals surface area contributed by atoms with E-state index in [0.29, 0.717) is 29.6 Å². The van der Waals surface area contributed by atoms with Crippen molar-refractivity contribution in [2.75, 3.05) is 19.0 Å². The largest absolute Gasteiger partial charge is 0.496 e. The highest BCUT2D eigenvalue weighted by Gasteiger charge is 2.09. The van der Waals surface area contributed by atoms with Crippen molar-refractivity contribution in [2.45, 2.75) is 6.42 Å². The highest BCUT2D eigenvalue weighted by Crippen LogP contribution is 2.18. The van der Waals surface area contributed by atoms with Gasteiger partial charge in [-0.15, -0.1) is 0 Å². The molecule has 27 heavy (non-hydrogen) atoms. The number of methoxy groups -OCH3 is 1. The normalized spacial score (nSPS) is 10.3. The van der Waals surface area contributed by atoms with Gasteiger partial charge in [-0.2, -0.15) is 0 Å². The number of amides is 1. The minimum absolute atomic E-state index is 0.258. The predicted octanol–water partition coefficient (Wildman–Crippen LogP) is 3.85. The highest BCUT2D eigenvalue weighted by molar-refractivity contribution is 6.30. The van der Waals surface area contributed by atoms with Gasteiger partial charge < -0.3 is 15.4 Å². The fraction of sp³-hybridized carbons (Fsp3) is 0.150. The zero-order chi connectivity index (χ0) is 19.1. The van der Waals surface area contributed by atoms with Crippen LogP contribution in [0.15, 0.2) is 60.8 Å². The Morgan fingerprint density at radius 2 is 1.89 bits per heavy atom. The molecule has 3 rings (SSSR count). The van der Waals surface area contributed by atoms with Crippen LogP contribution in [0, 0.1) is 0 Å². The summed E-state index contributed by atoms with van der Waals surface area (Å²) in [5.74, 6) is 0.893. The van der Waals surface area contributed by atoms with Crippen LogP contribution in [-0.4, -0.2) is 29.5 Å². The summed E-state index contributed by atoms with van der Waals surface area (Å²) >= 11 is 5.87. The van der Waals surface area contributed by atoms with E-state index in [4.69, 9.17) is 16.3 Å². The summed E-state index contributed by atoms with van der Waals surface area (Å²) in [6.45, 7) is 0.475. The summed E-state index contributed by atoms with van der Waals surface area (Å²) in [6.07, 6.45) is 2.21. The summed E-state index contributed by atoms with van der Waals surface area (Å²) in [7, 11) is 1.63. The van der Waals surface area contributed by atoms with Crippen LogP contribution in [0.4, 0.5) is 11.6 Å². The zero-order valence-electron chi connectivity index (χ0n) is 14.8. The Balaban J connectivity index is 1.59. The van der Waals surface area contributed by atoms with E-state index in [0.717, 1.165) is 17.0 Å². The Morgan fingerprint density at radius 3 is 2.67 bits per heavy atom. The van der Waals surface area contributed by atoms with Crippen LogP contribution in [0.2, 0.25) is 5.02 Å². The topological polar surface area (TPSA) is 76.1 Å². The molecule has 7 heteroatoms. The predicted molar refractivity (Wildman–Crippen MR) is 106 cm³/mol. The molecule has 0 saturated heterocycles. The van der Waals surface area contributed by atoms with Gasteiger partial charge in [-0.05, 0) is 48.4 Å². The van der Waals surface area contributed by atoms with Gasteiger partial charge in [0.05, 0.1) is 7.11 Å². The van der Waals surface area contributed by atoms with Crippen LogP contribution in [0.25, 0.3) is 0 Å². The number of nitrogens with one attached hydrogen (secondary N) is 2. The molecule has 6 nitrogen and oxygen atoms in total. The van der Waals surface area contributed by atoms with Crippen LogP contribution in [-0.2, 0) is 6.42 Å². The van der Waals surface area contributed by atoms with Gasteiger partial charge in [0.1, 0.15) is 11.4 Å². The van der Waals surface area contributed by atoms with Gasteiger partial charge in [-0.1, -0.05) is 29.8 Å². The van der Waals surface area contributed by atoms with Crippen molar-refractivity contribution in [3.05, 3.63) is 77.1 Å². The Bertz CT molecular complexity index is 916. The van der Waals surface area contributed by atoms with E-state index in [9.17, 15) is 4.79 Å². The first-order valence-corrected chi connectivity index (χ1v) is 8.79. The molecule has 0 unspecified atom stereocenters. The maximum Gasteiger partial charge on any atom is 0.270 e. The number of ether oxygens (including phenoxy) is 1. The van der Waals surface area contributed by atoms with E-state index < -0.39 is 0 Å². The van der Waals surface area contributed by atoms with Gasteiger partial charge in [0.15, 0.2) is 0 Å². The van der Waals surface area contributed by atoms with Gasteiger partial charge in [0.2, 0.25) is 5.95 Å². The van der Waals surface area contributed by atoms with E-state index in [1.165, 1.54) is 0 Å². The van der Waals surface area contributed by atoms with Crippen molar-refractivity contribution >= 4 is 29.1 Å². The standard InChI is InChI=1S/C20H19ClN4O2/c1-27-18-5-3-2-4-14(18)10-12-22-19(26)17-11-13-23-20(25-17)24-16-8-6-15(21)7-9-16/h2-9,11,13H,10,12H2,1H3,(H,22,26)(H,23,24,25). The smallest absolute Gasteiger partial charge is 0.270 e. The molecule has 0 aliphatic heterocycles. The molecule has 0 atom stereocenters. The summed E-state index contributed by atoms with van der Waals surface area (Å²) in [5.41, 5.74) is 2.11. The van der Waals surface area contributed by atoms with E-state index in [-0.39, 0.29) is 5.91 Å². The molecule has 3 aromatic rings. The van der Waals surface area contributed by atoms with Crippen LogP contribution < -0.4 is 15.4 Å². The summed E-state index contributed by atoms with van der Waals surface area (Å²) < 4.78 is 5.32. The molecule has 1 amide bonds. The average Bonchev–Trinajstić information content (AvgIpc) is 2.70.